The summed E-state index contributed by atoms with van der Waals surface area (Å²) in [6, 6.07) is 17.7. The van der Waals surface area contributed by atoms with E-state index in [1.54, 1.807) is 37.4 Å². The van der Waals surface area contributed by atoms with Gasteiger partial charge in [0, 0.05) is 19.3 Å². The Kier molecular flexibility index (Phi) is 5.76. The highest BCUT2D eigenvalue weighted by atomic mass is 16.5. The van der Waals surface area contributed by atoms with E-state index in [-0.39, 0.29) is 12.5 Å². The van der Waals surface area contributed by atoms with Gasteiger partial charge < -0.3 is 15.0 Å². The maximum Gasteiger partial charge on any atom is 0.321 e. The highest BCUT2D eigenvalue weighted by Gasteiger charge is 2.11. The summed E-state index contributed by atoms with van der Waals surface area (Å²) < 4.78 is 5.68. The largest absolute Gasteiger partial charge is 0.456 e. The van der Waals surface area contributed by atoms with Crippen molar-refractivity contribution in [3.8, 4) is 23.6 Å². The van der Waals surface area contributed by atoms with Crippen LogP contribution < -0.4 is 10.1 Å². The van der Waals surface area contributed by atoms with E-state index < -0.39 is 0 Å². The Morgan fingerprint density at radius 3 is 2.62 bits per heavy atom. The molecule has 0 aliphatic rings. The Morgan fingerprint density at radius 2 is 1.96 bits per heavy atom. The molecular weight excluding hydrogens is 304 g/mol. The first-order chi connectivity index (χ1) is 11.6. The zero-order chi connectivity index (χ0) is 17.4. The van der Waals surface area contributed by atoms with Gasteiger partial charge in [-0.25, -0.2) is 4.79 Å². The van der Waals surface area contributed by atoms with Gasteiger partial charge in [-0.2, -0.15) is 10.5 Å². The van der Waals surface area contributed by atoms with Gasteiger partial charge in [0.15, 0.2) is 0 Å². The van der Waals surface area contributed by atoms with Crippen LogP contribution in [0.4, 0.5) is 10.5 Å². The minimum Gasteiger partial charge on any atom is -0.456 e. The van der Waals surface area contributed by atoms with Gasteiger partial charge in [0.25, 0.3) is 0 Å². The summed E-state index contributed by atoms with van der Waals surface area (Å²) in [7, 11) is 1.60. The molecule has 1 N–H and O–H groups in total. The molecule has 2 amide bonds. The maximum absolute atomic E-state index is 12.0. The third-order valence-corrected chi connectivity index (χ3v) is 3.23. The molecule has 2 rings (SSSR count). The third-order valence-electron chi connectivity index (χ3n) is 3.23. The number of nitriles is 2. The van der Waals surface area contributed by atoms with Gasteiger partial charge in [-0.1, -0.05) is 18.2 Å². The smallest absolute Gasteiger partial charge is 0.321 e. The van der Waals surface area contributed by atoms with Crippen LogP contribution in [0.3, 0.4) is 0 Å². The van der Waals surface area contributed by atoms with E-state index in [4.69, 9.17) is 10.00 Å². The zero-order valence-electron chi connectivity index (χ0n) is 13.2. The monoisotopic (exact) mass is 320 g/mol. The van der Waals surface area contributed by atoms with E-state index in [0.717, 1.165) is 0 Å². The number of hydrogen-bond donors (Lipinski definition) is 1. The van der Waals surface area contributed by atoms with E-state index >= 15 is 0 Å². The molecule has 0 heterocycles. The van der Waals surface area contributed by atoms with Gasteiger partial charge >= 0.3 is 6.03 Å². The number of amides is 2. The summed E-state index contributed by atoms with van der Waals surface area (Å²) in [5, 5.41) is 20.5. The van der Waals surface area contributed by atoms with Gasteiger partial charge in [0.2, 0.25) is 0 Å². The van der Waals surface area contributed by atoms with Crippen molar-refractivity contribution in [3.63, 3.8) is 0 Å². The lowest BCUT2D eigenvalue weighted by Gasteiger charge is -2.17. The van der Waals surface area contributed by atoms with E-state index in [1.807, 2.05) is 24.3 Å². The summed E-state index contributed by atoms with van der Waals surface area (Å²) in [6.07, 6.45) is 0.261. The molecule has 2 aromatic carbocycles. The first-order valence-electron chi connectivity index (χ1n) is 7.30. The molecular formula is C18H16N4O2. The summed E-state index contributed by atoms with van der Waals surface area (Å²) in [5.74, 6) is 1.04. The van der Waals surface area contributed by atoms with Crippen LogP contribution >= 0.6 is 0 Å². The molecule has 0 aliphatic carbocycles. The second-order valence-corrected chi connectivity index (χ2v) is 5.00. The van der Waals surface area contributed by atoms with Gasteiger partial charge in [0.05, 0.1) is 18.1 Å². The molecule has 0 aromatic heterocycles. The van der Waals surface area contributed by atoms with Gasteiger partial charge in [-0.3, -0.25) is 0 Å². The van der Waals surface area contributed by atoms with Crippen LogP contribution in [0.15, 0.2) is 48.5 Å². The molecule has 24 heavy (non-hydrogen) atoms. The Labute approximate surface area is 140 Å². The topological polar surface area (TPSA) is 89.2 Å². The second-order valence-electron chi connectivity index (χ2n) is 5.00. The van der Waals surface area contributed by atoms with Crippen LogP contribution in [0.2, 0.25) is 0 Å². The number of hydrogen-bond acceptors (Lipinski definition) is 4. The van der Waals surface area contributed by atoms with Crippen molar-refractivity contribution >= 4 is 11.7 Å². The van der Waals surface area contributed by atoms with Crippen LogP contribution in [0, 0.1) is 22.7 Å². The van der Waals surface area contributed by atoms with Crippen molar-refractivity contribution in [2.24, 2.45) is 0 Å². The average Bonchev–Trinajstić information content (AvgIpc) is 2.61. The van der Waals surface area contributed by atoms with Crippen LogP contribution in [-0.2, 0) is 0 Å². The lowest BCUT2D eigenvalue weighted by molar-refractivity contribution is 0.223. The maximum atomic E-state index is 12.0. The van der Waals surface area contributed by atoms with Crippen LogP contribution in [0.1, 0.15) is 12.0 Å². The van der Waals surface area contributed by atoms with Gasteiger partial charge in [-0.15, -0.1) is 0 Å². The Balaban J connectivity index is 2.10. The van der Waals surface area contributed by atoms with Crippen LogP contribution in [0.5, 0.6) is 11.5 Å². The third kappa shape index (κ3) is 4.49. The quantitative estimate of drug-likeness (QED) is 0.909. The van der Waals surface area contributed by atoms with Crippen molar-refractivity contribution in [1.82, 2.24) is 4.90 Å². The number of para-hydroxylation sites is 1. The highest BCUT2D eigenvalue weighted by Crippen LogP contribution is 2.27. The summed E-state index contributed by atoms with van der Waals surface area (Å²) >= 11 is 0. The fourth-order valence-corrected chi connectivity index (χ4v) is 1.94. The number of carbonyl (C=O) groups is 1. The SMILES string of the molecule is CN(CCC#N)C(=O)Nc1ccc(Oc2ccccc2)c(C#N)c1. The number of urea groups is 1. The fraction of sp³-hybridized carbons (Fsp3) is 0.167. The minimum absolute atomic E-state index is 0.261. The first-order valence-corrected chi connectivity index (χ1v) is 7.30. The van der Waals surface area contributed by atoms with Crippen molar-refractivity contribution in [3.05, 3.63) is 54.1 Å². The standard InChI is InChI=1S/C18H16N4O2/c1-22(11-5-10-19)18(23)21-15-8-9-17(14(12-15)13-20)24-16-6-3-2-4-7-16/h2-4,6-9,12H,5,11H2,1H3,(H,21,23). The second kappa shape index (κ2) is 8.21. The summed E-state index contributed by atoms with van der Waals surface area (Å²) in [5.41, 5.74) is 0.803. The average molecular weight is 320 g/mol. The van der Waals surface area contributed by atoms with Gasteiger partial charge in [-0.05, 0) is 30.3 Å². The van der Waals surface area contributed by atoms with Crippen molar-refractivity contribution in [1.29, 1.82) is 10.5 Å². The predicted molar refractivity (Wildman–Crippen MR) is 89.6 cm³/mol. The molecule has 0 aliphatic heterocycles. The molecule has 0 saturated heterocycles. The number of benzene rings is 2. The van der Waals surface area contributed by atoms with Crippen LogP contribution in [0.25, 0.3) is 0 Å². The molecule has 0 bridgehead atoms. The molecule has 0 fully saturated rings. The molecule has 0 atom stereocenters. The van der Waals surface area contributed by atoms with E-state index in [0.29, 0.717) is 29.3 Å². The Hall–Kier alpha value is -3.51. The number of ether oxygens (including phenoxy) is 1. The number of carbonyl (C=O) groups excluding carboxylic acids is 1. The molecule has 0 saturated carbocycles. The zero-order valence-corrected chi connectivity index (χ0v) is 13.2. The van der Waals surface area contributed by atoms with Gasteiger partial charge in [0.1, 0.15) is 17.6 Å². The van der Waals surface area contributed by atoms with E-state index in [2.05, 4.69) is 11.4 Å². The van der Waals surface area contributed by atoms with E-state index in [9.17, 15) is 10.1 Å². The summed E-state index contributed by atoms with van der Waals surface area (Å²) in [6.45, 7) is 0.336. The first kappa shape index (κ1) is 16.9. The number of nitrogens with one attached hydrogen (secondary N) is 1. The fourth-order valence-electron chi connectivity index (χ4n) is 1.94. The molecule has 0 radical (unpaired) electrons. The normalized spacial score (nSPS) is 9.46. The van der Waals surface area contributed by atoms with Crippen LogP contribution in [-0.4, -0.2) is 24.5 Å². The number of anilines is 1. The van der Waals surface area contributed by atoms with E-state index in [1.165, 1.54) is 4.90 Å². The van der Waals surface area contributed by atoms with Crippen molar-refractivity contribution in [2.75, 3.05) is 18.9 Å². The molecule has 2 aromatic rings. The van der Waals surface area contributed by atoms with Crippen molar-refractivity contribution < 1.29 is 9.53 Å². The molecule has 0 unspecified atom stereocenters. The van der Waals surface area contributed by atoms with Crippen molar-refractivity contribution in [2.45, 2.75) is 6.42 Å². The minimum atomic E-state index is -0.342. The summed E-state index contributed by atoms with van der Waals surface area (Å²) in [4.78, 5) is 13.4. The lowest BCUT2D eigenvalue weighted by atomic mass is 10.2. The molecule has 6 heteroatoms. The Morgan fingerprint density at radius 1 is 1.21 bits per heavy atom. The Bertz CT molecular complexity index is 791. The molecule has 6 nitrogen and oxygen atoms in total. The lowest BCUT2D eigenvalue weighted by Crippen LogP contribution is -2.32. The number of nitrogens with zero attached hydrogens (tertiary/aromatic N) is 3. The molecule has 0 spiro atoms. The molecule has 120 valence electrons. The predicted octanol–water partition coefficient (Wildman–Crippen LogP) is 3.73. The highest BCUT2D eigenvalue weighted by molar-refractivity contribution is 5.89. The number of rotatable bonds is 5.